The molecule has 0 bridgehead atoms. The minimum Gasteiger partial charge on any atom is -0.355 e. The smallest absolute Gasteiger partial charge is 0.235 e. The summed E-state index contributed by atoms with van der Waals surface area (Å²) in [5.41, 5.74) is 0.0872. The summed E-state index contributed by atoms with van der Waals surface area (Å²) < 4.78 is 0. The van der Waals surface area contributed by atoms with E-state index in [1.54, 1.807) is 12.1 Å². The predicted octanol–water partition coefficient (Wildman–Crippen LogP) is 3.88. The molecule has 25 heavy (non-hydrogen) atoms. The molecule has 2 fully saturated rings. The van der Waals surface area contributed by atoms with Crippen LogP contribution in [0.4, 0.5) is 0 Å². The van der Waals surface area contributed by atoms with Gasteiger partial charge in [0.15, 0.2) is 0 Å². The van der Waals surface area contributed by atoms with Crippen molar-refractivity contribution in [3.8, 4) is 0 Å². The molecule has 0 saturated heterocycles. The molecule has 4 nitrogen and oxygen atoms in total. The number of halogens is 2. The monoisotopic (exact) mass is 382 g/mol. The summed E-state index contributed by atoms with van der Waals surface area (Å²) in [6.07, 6.45) is 7.50. The molecule has 136 valence electrons. The van der Waals surface area contributed by atoms with Crippen LogP contribution in [0.2, 0.25) is 10.0 Å². The Hall–Kier alpha value is -1.26. The maximum atomic E-state index is 12.6. The van der Waals surface area contributed by atoms with Gasteiger partial charge in [0.1, 0.15) is 5.41 Å². The molecule has 0 aliphatic heterocycles. The van der Waals surface area contributed by atoms with E-state index in [0.717, 1.165) is 31.2 Å². The molecular weight excluding hydrogens is 359 g/mol. The standard InChI is InChI=1S/C19H24Cl2N2O2/c20-14-7-6-13(16(21)12-14)8-11-22-17(24)19(9-10-19)18(25)23-15-4-2-1-3-5-15/h6-7,12,15H,1-5,8-11H2,(H,22,24)(H,23,25). The fourth-order valence-electron chi connectivity index (χ4n) is 3.46. The Morgan fingerprint density at radius 3 is 2.44 bits per heavy atom. The zero-order chi connectivity index (χ0) is 17.9. The largest absolute Gasteiger partial charge is 0.355 e. The van der Waals surface area contributed by atoms with Gasteiger partial charge in [0.25, 0.3) is 0 Å². The molecule has 6 heteroatoms. The lowest BCUT2D eigenvalue weighted by atomic mass is 9.94. The van der Waals surface area contributed by atoms with E-state index < -0.39 is 5.41 Å². The van der Waals surface area contributed by atoms with Crippen LogP contribution in [0.15, 0.2) is 18.2 Å². The van der Waals surface area contributed by atoms with Crippen molar-refractivity contribution in [2.45, 2.75) is 57.4 Å². The molecular formula is C19H24Cl2N2O2. The number of rotatable bonds is 6. The van der Waals surface area contributed by atoms with E-state index in [1.165, 1.54) is 6.42 Å². The van der Waals surface area contributed by atoms with Gasteiger partial charge in [0.2, 0.25) is 11.8 Å². The van der Waals surface area contributed by atoms with Crippen LogP contribution in [0, 0.1) is 5.41 Å². The van der Waals surface area contributed by atoms with Crippen molar-refractivity contribution >= 4 is 35.0 Å². The molecule has 2 aliphatic carbocycles. The molecule has 2 aliphatic rings. The maximum absolute atomic E-state index is 12.6. The van der Waals surface area contributed by atoms with Gasteiger partial charge >= 0.3 is 0 Å². The van der Waals surface area contributed by atoms with E-state index in [-0.39, 0.29) is 17.9 Å². The summed E-state index contributed by atoms with van der Waals surface area (Å²) in [5.74, 6) is -0.257. The Kier molecular flexibility index (Phi) is 5.90. The highest BCUT2D eigenvalue weighted by molar-refractivity contribution is 6.35. The summed E-state index contributed by atoms with van der Waals surface area (Å²) in [7, 11) is 0. The van der Waals surface area contributed by atoms with Crippen molar-refractivity contribution in [2.75, 3.05) is 6.54 Å². The summed E-state index contributed by atoms with van der Waals surface area (Å²) in [5, 5.41) is 7.18. The van der Waals surface area contributed by atoms with Gasteiger partial charge in [-0.3, -0.25) is 9.59 Å². The van der Waals surface area contributed by atoms with E-state index in [0.29, 0.717) is 35.9 Å². The molecule has 2 N–H and O–H groups in total. The zero-order valence-electron chi connectivity index (χ0n) is 14.2. The number of hydrogen-bond donors (Lipinski definition) is 2. The normalized spacial score (nSPS) is 19.3. The van der Waals surface area contributed by atoms with Gasteiger partial charge in [-0.15, -0.1) is 0 Å². The Morgan fingerprint density at radius 1 is 1.08 bits per heavy atom. The maximum Gasteiger partial charge on any atom is 0.235 e. The second-order valence-corrected chi connectivity index (χ2v) is 7.98. The Labute approximate surface area is 158 Å². The molecule has 0 aromatic heterocycles. The summed E-state index contributed by atoms with van der Waals surface area (Å²) in [6.45, 7) is 0.457. The van der Waals surface area contributed by atoms with Gasteiger partial charge < -0.3 is 10.6 Å². The second-order valence-electron chi connectivity index (χ2n) is 7.13. The number of amides is 2. The van der Waals surface area contributed by atoms with Gasteiger partial charge in [0.05, 0.1) is 0 Å². The van der Waals surface area contributed by atoms with Crippen LogP contribution >= 0.6 is 23.2 Å². The van der Waals surface area contributed by atoms with Gasteiger partial charge in [-0.2, -0.15) is 0 Å². The molecule has 0 spiro atoms. The van der Waals surface area contributed by atoms with Crippen molar-refractivity contribution in [1.29, 1.82) is 0 Å². The van der Waals surface area contributed by atoms with Gasteiger partial charge in [-0.1, -0.05) is 48.5 Å². The third kappa shape index (κ3) is 4.48. The van der Waals surface area contributed by atoms with Crippen LogP contribution in [0.1, 0.15) is 50.5 Å². The average Bonchev–Trinajstić information content (AvgIpc) is 3.39. The lowest BCUT2D eigenvalue weighted by Gasteiger charge is -2.25. The number of nitrogens with one attached hydrogen (secondary N) is 2. The fraction of sp³-hybridized carbons (Fsp3) is 0.579. The lowest BCUT2D eigenvalue weighted by molar-refractivity contribution is -0.137. The highest BCUT2D eigenvalue weighted by atomic mass is 35.5. The minimum atomic E-state index is -0.846. The molecule has 3 rings (SSSR count). The first-order valence-electron chi connectivity index (χ1n) is 9.04. The van der Waals surface area contributed by atoms with Crippen LogP contribution < -0.4 is 10.6 Å². The molecule has 0 heterocycles. The summed E-state index contributed by atoms with van der Waals surface area (Å²) in [4.78, 5) is 25.1. The van der Waals surface area contributed by atoms with Crippen LogP contribution in [0.5, 0.6) is 0 Å². The quantitative estimate of drug-likeness (QED) is 0.733. The van der Waals surface area contributed by atoms with Crippen molar-refractivity contribution in [3.63, 3.8) is 0 Å². The number of benzene rings is 1. The van der Waals surface area contributed by atoms with Gasteiger partial charge in [-0.05, 0) is 49.8 Å². The molecule has 0 atom stereocenters. The SMILES string of the molecule is O=C(NCCc1ccc(Cl)cc1Cl)C1(C(=O)NC2CCCCC2)CC1. The molecule has 2 saturated carbocycles. The topological polar surface area (TPSA) is 58.2 Å². The predicted molar refractivity (Wildman–Crippen MR) is 99.9 cm³/mol. The minimum absolute atomic E-state index is 0.0959. The van der Waals surface area contributed by atoms with Crippen LogP contribution in [-0.2, 0) is 16.0 Å². The second kappa shape index (κ2) is 7.96. The lowest BCUT2D eigenvalue weighted by Crippen LogP contribution is -2.47. The average molecular weight is 383 g/mol. The molecule has 0 unspecified atom stereocenters. The van der Waals surface area contributed by atoms with E-state index in [4.69, 9.17) is 23.2 Å². The van der Waals surface area contributed by atoms with E-state index in [1.807, 2.05) is 6.07 Å². The van der Waals surface area contributed by atoms with Gasteiger partial charge in [-0.25, -0.2) is 0 Å². The van der Waals surface area contributed by atoms with E-state index in [2.05, 4.69) is 10.6 Å². The van der Waals surface area contributed by atoms with Gasteiger partial charge in [0, 0.05) is 22.6 Å². The molecule has 1 aromatic rings. The van der Waals surface area contributed by atoms with E-state index in [9.17, 15) is 9.59 Å². The zero-order valence-corrected chi connectivity index (χ0v) is 15.8. The van der Waals surface area contributed by atoms with Crippen molar-refractivity contribution in [1.82, 2.24) is 10.6 Å². The third-order valence-corrected chi connectivity index (χ3v) is 5.84. The first-order valence-corrected chi connectivity index (χ1v) is 9.80. The summed E-state index contributed by atoms with van der Waals surface area (Å²) >= 11 is 12.0. The first kappa shape index (κ1) is 18.5. The van der Waals surface area contributed by atoms with Crippen molar-refractivity contribution < 1.29 is 9.59 Å². The van der Waals surface area contributed by atoms with Crippen LogP contribution in [-0.4, -0.2) is 24.4 Å². The fourth-order valence-corrected chi connectivity index (χ4v) is 3.96. The van der Waals surface area contributed by atoms with Crippen LogP contribution in [0.25, 0.3) is 0 Å². The highest BCUT2D eigenvalue weighted by Crippen LogP contribution is 2.46. The van der Waals surface area contributed by atoms with Crippen molar-refractivity contribution in [3.05, 3.63) is 33.8 Å². The third-order valence-electron chi connectivity index (χ3n) is 5.25. The number of hydrogen-bond acceptors (Lipinski definition) is 2. The Balaban J connectivity index is 1.49. The Bertz CT molecular complexity index is 653. The highest BCUT2D eigenvalue weighted by Gasteiger charge is 2.56. The van der Waals surface area contributed by atoms with Crippen molar-refractivity contribution in [2.24, 2.45) is 5.41 Å². The first-order chi connectivity index (χ1) is 12.0. The Morgan fingerprint density at radius 2 is 1.80 bits per heavy atom. The molecule has 0 radical (unpaired) electrons. The number of carbonyl (C=O) groups excluding carboxylic acids is 2. The molecule has 1 aromatic carbocycles. The van der Waals surface area contributed by atoms with Crippen LogP contribution in [0.3, 0.4) is 0 Å². The number of carbonyl (C=O) groups is 2. The summed E-state index contributed by atoms with van der Waals surface area (Å²) in [6, 6.07) is 5.57. The van der Waals surface area contributed by atoms with E-state index >= 15 is 0 Å². The molecule has 2 amide bonds.